The lowest BCUT2D eigenvalue weighted by Crippen LogP contribution is -2.46. The Bertz CT molecular complexity index is 1420. The highest BCUT2D eigenvalue weighted by Gasteiger charge is 2.22. The van der Waals surface area contributed by atoms with Crippen molar-refractivity contribution < 1.29 is 9.26 Å². The summed E-state index contributed by atoms with van der Waals surface area (Å²) < 4.78 is 12.5. The van der Waals surface area contributed by atoms with Gasteiger partial charge in [0, 0.05) is 43.4 Å². The summed E-state index contributed by atoms with van der Waals surface area (Å²) in [7, 11) is 1.65. The van der Waals surface area contributed by atoms with Gasteiger partial charge in [0.25, 0.3) is 5.78 Å². The molecule has 3 aromatic heterocycles. The quantitative estimate of drug-likeness (QED) is 0.372. The predicted molar refractivity (Wildman–Crippen MR) is 130 cm³/mol. The van der Waals surface area contributed by atoms with Gasteiger partial charge in [0.15, 0.2) is 0 Å². The second-order valence-corrected chi connectivity index (χ2v) is 8.34. The molecular weight excluding hydrogens is 444 g/mol. The van der Waals surface area contributed by atoms with E-state index in [1.165, 1.54) is 0 Å². The van der Waals surface area contributed by atoms with Crippen LogP contribution in [0.5, 0.6) is 5.75 Å². The molecule has 0 spiro atoms. The Labute approximate surface area is 201 Å². The van der Waals surface area contributed by atoms with Gasteiger partial charge in [-0.05, 0) is 24.3 Å². The third kappa shape index (κ3) is 4.31. The standard InChI is InChI=1S/C25H24N8O2/c1-34-20-9-7-19(8-10-20)24-29-22(35-30-24)16-31-11-13-32(14-12-31)23-15-21(18-5-3-2-4-6-18)28-25-26-17-27-33(23)25/h2-10,15,17H,11-14,16H2,1H3. The first-order valence-corrected chi connectivity index (χ1v) is 11.5. The number of anilines is 1. The van der Waals surface area contributed by atoms with E-state index >= 15 is 0 Å². The number of aromatic nitrogens is 6. The molecule has 1 fully saturated rings. The summed E-state index contributed by atoms with van der Waals surface area (Å²) >= 11 is 0. The van der Waals surface area contributed by atoms with E-state index in [-0.39, 0.29) is 0 Å². The van der Waals surface area contributed by atoms with Crippen molar-refractivity contribution in [2.75, 3.05) is 38.2 Å². The average molecular weight is 469 g/mol. The number of ether oxygens (including phenoxy) is 1. The fraction of sp³-hybridized carbons (Fsp3) is 0.240. The van der Waals surface area contributed by atoms with Crippen molar-refractivity contribution in [3.63, 3.8) is 0 Å². The number of hydrogen-bond acceptors (Lipinski definition) is 9. The molecule has 4 heterocycles. The number of rotatable bonds is 6. The van der Waals surface area contributed by atoms with E-state index in [2.05, 4.69) is 53.2 Å². The van der Waals surface area contributed by atoms with Crippen LogP contribution in [-0.4, -0.2) is 67.9 Å². The van der Waals surface area contributed by atoms with E-state index in [1.54, 1.807) is 18.0 Å². The van der Waals surface area contributed by atoms with E-state index in [0.717, 1.165) is 54.6 Å². The highest BCUT2D eigenvalue weighted by atomic mass is 16.5. The molecule has 0 N–H and O–H groups in total. The van der Waals surface area contributed by atoms with Crippen molar-refractivity contribution in [1.82, 2.24) is 34.6 Å². The average Bonchev–Trinajstić information content (AvgIpc) is 3.59. The van der Waals surface area contributed by atoms with Crippen LogP contribution < -0.4 is 9.64 Å². The molecule has 0 amide bonds. The smallest absolute Gasteiger partial charge is 0.254 e. The van der Waals surface area contributed by atoms with Gasteiger partial charge in [-0.25, -0.2) is 4.98 Å². The van der Waals surface area contributed by atoms with Crippen LogP contribution in [0, 0.1) is 0 Å². The van der Waals surface area contributed by atoms with Gasteiger partial charge in [0.2, 0.25) is 11.7 Å². The van der Waals surface area contributed by atoms with Gasteiger partial charge >= 0.3 is 0 Å². The first-order chi connectivity index (χ1) is 17.3. The number of piperazine rings is 1. The third-order valence-electron chi connectivity index (χ3n) is 6.17. The summed E-state index contributed by atoms with van der Waals surface area (Å²) in [6, 6.07) is 19.9. The third-order valence-corrected chi connectivity index (χ3v) is 6.17. The van der Waals surface area contributed by atoms with E-state index in [0.29, 0.717) is 24.0 Å². The fourth-order valence-electron chi connectivity index (χ4n) is 4.28. The van der Waals surface area contributed by atoms with Crippen molar-refractivity contribution in [2.45, 2.75) is 6.54 Å². The van der Waals surface area contributed by atoms with Crippen molar-refractivity contribution in [3.05, 3.63) is 72.9 Å². The Kier molecular flexibility index (Phi) is 5.55. The number of nitrogens with zero attached hydrogens (tertiary/aromatic N) is 8. The van der Waals surface area contributed by atoms with Gasteiger partial charge < -0.3 is 14.2 Å². The zero-order valence-corrected chi connectivity index (χ0v) is 19.3. The van der Waals surface area contributed by atoms with Crippen LogP contribution in [0.25, 0.3) is 28.4 Å². The maximum Gasteiger partial charge on any atom is 0.254 e. The van der Waals surface area contributed by atoms with Gasteiger partial charge in [-0.1, -0.05) is 35.5 Å². The number of fused-ring (bicyclic) bond motifs is 1. The van der Waals surface area contributed by atoms with Crippen LogP contribution in [-0.2, 0) is 6.54 Å². The number of hydrogen-bond donors (Lipinski definition) is 0. The molecule has 10 heteroatoms. The normalized spacial score (nSPS) is 14.5. The summed E-state index contributed by atoms with van der Waals surface area (Å²) in [5, 5.41) is 8.55. The first kappa shape index (κ1) is 21.2. The lowest BCUT2D eigenvalue weighted by atomic mass is 10.1. The summed E-state index contributed by atoms with van der Waals surface area (Å²) in [4.78, 5) is 18.2. The fourth-order valence-corrected chi connectivity index (χ4v) is 4.28. The molecule has 1 aliphatic heterocycles. The summed E-state index contributed by atoms with van der Waals surface area (Å²) in [5.74, 6) is 3.58. The topological polar surface area (TPSA) is 97.7 Å². The van der Waals surface area contributed by atoms with Crippen molar-refractivity contribution in [2.24, 2.45) is 0 Å². The zero-order valence-electron chi connectivity index (χ0n) is 19.3. The Morgan fingerprint density at radius 1 is 0.914 bits per heavy atom. The van der Waals surface area contributed by atoms with E-state index < -0.39 is 0 Å². The predicted octanol–water partition coefficient (Wildman–Crippen LogP) is 3.17. The number of benzene rings is 2. The van der Waals surface area contributed by atoms with Crippen LogP contribution in [0.4, 0.5) is 5.82 Å². The second kappa shape index (κ2) is 9.15. The van der Waals surface area contributed by atoms with Crippen molar-refractivity contribution in [3.8, 4) is 28.4 Å². The van der Waals surface area contributed by atoms with Crippen molar-refractivity contribution in [1.29, 1.82) is 0 Å². The first-order valence-electron chi connectivity index (χ1n) is 11.5. The Morgan fingerprint density at radius 3 is 2.49 bits per heavy atom. The summed E-state index contributed by atoms with van der Waals surface area (Å²) in [6.07, 6.45) is 1.55. The lowest BCUT2D eigenvalue weighted by molar-refractivity contribution is 0.215. The molecule has 1 aliphatic rings. The molecule has 1 saturated heterocycles. The summed E-state index contributed by atoms with van der Waals surface area (Å²) in [5.41, 5.74) is 2.84. The molecule has 5 aromatic rings. The monoisotopic (exact) mass is 468 g/mol. The number of methoxy groups -OCH3 is 1. The lowest BCUT2D eigenvalue weighted by Gasteiger charge is -2.35. The molecule has 0 aliphatic carbocycles. The van der Waals surface area contributed by atoms with E-state index in [9.17, 15) is 0 Å². The molecule has 0 radical (unpaired) electrons. The van der Waals surface area contributed by atoms with Crippen LogP contribution in [0.2, 0.25) is 0 Å². The highest BCUT2D eigenvalue weighted by molar-refractivity contribution is 5.65. The molecule has 10 nitrogen and oxygen atoms in total. The molecule has 176 valence electrons. The minimum Gasteiger partial charge on any atom is -0.497 e. The minimum atomic E-state index is 0.583. The molecule has 0 saturated carbocycles. The highest BCUT2D eigenvalue weighted by Crippen LogP contribution is 2.25. The second-order valence-electron chi connectivity index (χ2n) is 8.34. The van der Waals surface area contributed by atoms with Gasteiger partial charge in [-0.15, -0.1) is 0 Å². The molecule has 35 heavy (non-hydrogen) atoms. The molecule has 0 unspecified atom stereocenters. The van der Waals surface area contributed by atoms with E-state index in [4.69, 9.17) is 9.26 Å². The largest absolute Gasteiger partial charge is 0.497 e. The van der Waals surface area contributed by atoms with Crippen molar-refractivity contribution >= 4 is 11.6 Å². The molecule has 2 aromatic carbocycles. The zero-order chi connectivity index (χ0) is 23.6. The van der Waals surface area contributed by atoms with Gasteiger partial charge in [-0.2, -0.15) is 19.6 Å². The molecule has 0 atom stereocenters. The van der Waals surface area contributed by atoms with Crippen LogP contribution >= 0.6 is 0 Å². The molecule has 0 bridgehead atoms. The Hall–Kier alpha value is -4.31. The maximum atomic E-state index is 5.52. The van der Waals surface area contributed by atoms with E-state index in [1.807, 2.05) is 42.5 Å². The van der Waals surface area contributed by atoms with Crippen LogP contribution in [0.15, 0.2) is 71.5 Å². The van der Waals surface area contributed by atoms with Gasteiger partial charge in [-0.3, -0.25) is 4.90 Å². The maximum absolute atomic E-state index is 5.52. The van der Waals surface area contributed by atoms with Gasteiger partial charge in [0.05, 0.1) is 19.3 Å². The molecular formula is C25H24N8O2. The van der Waals surface area contributed by atoms with Crippen LogP contribution in [0.1, 0.15) is 5.89 Å². The Morgan fingerprint density at radius 2 is 1.71 bits per heavy atom. The molecule has 6 rings (SSSR count). The minimum absolute atomic E-state index is 0.583. The summed E-state index contributed by atoms with van der Waals surface area (Å²) in [6.45, 7) is 4.01. The van der Waals surface area contributed by atoms with Crippen LogP contribution in [0.3, 0.4) is 0 Å². The Balaban J connectivity index is 1.15. The van der Waals surface area contributed by atoms with Gasteiger partial charge in [0.1, 0.15) is 17.9 Å². The SMILES string of the molecule is COc1ccc(-c2noc(CN3CCN(c4cc(-c5ccccc5)nc5ncnn45)CC3)n2)cc1.